The van der Waals surface area contributed by atoms with E-state index in [-0.39, 0.29) is 0 Å². The fourth-order valence-electron chi connectivity index (χ4n) is 1.35. The first-order valence-electron chi connectivity index (χ1n) is 5.62. The van der Waals surface area contributed by atoms with Gasteiger partial charge in [0.25, 0.3) is 0 Å². The van der Waals surface area contributed by atoms with Crippen molar-refractivity contribution in [2.24, 2.45) is 0 Å². The van der Waals surface area contributed by atoms with Crippen molar-refractivity contribution in [1.82, 2.24) is 0 Å². The quantitative estimate of drug-likeness (QED) is 0.303. The molecule has 0 aromatic heterocycles. The molecular weight excluding hydrogens is 224 g/mol. The average molecular weight is 247 g/mol. The summed E-state index contributed by atoms with van der Waals surface area (Å²) in [4.78, 5) is 0. The van der Waals surface area contributed by atoms with Crippen LogP contribution in [0.15, 0.2) is 12.2 Å². The van der Waals surface area contributed by atoms with Gasteiger partial charge in [-0.1, -0.05) is 60.7 Å². The molecular formula is C12H23Br. The average Bonchev–Trinajstić information content (AvgIpc) is 2.16. The first-order chi connectivity index (χ1) is 6.41. The zero-order valence-corrected chi connectivity index (χ0v) is 10.5. The van der Waals surface area contributed by atoms with E-state index in [0.717, 1.165) is 0 Å². The summed E-state index contributed by atoms with van der Waals surface area (Å²) in [5.41, 5.74) is 0. The van der Waals surface area contributed by atoms with Gasteiger partial charge in [-0.05, 0) is 25.7 Å². The monoisotopic (exact) mass is 246 g/mol. The molecule has 0 aromatic carbocycles. The van der Waals surface area contributed by atoms with E-state index in [1.54, 1.807) is 0 Å². The van der Waals surface area contributed by atoms with Crippen LogP contribution in [0.4, 0.5) is 0 Å². The van der Waals surface area contributed by atoms with Gasteiger partial charge in [0.1, 0.15) is 0 Å². The molecule has 0 radical (unpaired) electrons. The molecule has 0 atom stereocenters. The zero-order chi connectivity index (χ0) is 9.78. The second kappa shape index (κ2) is 12.2. The first-order valence-corrected chi connectivity index (χ1v) is 6.75. The molecule has 0 aliphatic carbocycles. The highest BCUT2D eigenvalue weighted by Crippen LogP contribution is 2.08. The van der Waals surface area contributed by atoms with Gasteiger partial charge in [-0.3, -0.25) is 0 Å². The highest BCUT2D eigenvalue weighted by Gasteiger charge is 1.89. The van der Waals surface area contributed by atoms with Gasteiger partial charge in [0.2, 0.25) is 0 Å². The van der Waals surface area contributed by atoms with Crippen LogP contribution in [0.5, 0.6) is 0 Å². The molecule has 0 saturated carbocycles. The SMILES string of the molecule is CC/C=C/CCCCCCCCBr. The minimum atomic E-state index is 1.17. The van der Waals surface area contributed by atoms with E-state index in [0.29, 0.717) is 0 Å². The Bertz CT molecular complexity index is 108. The number of hydrogen-bond acceptors (Lipinski definition) is 0. The Morgan fingerprint density at radius 1 is 0.846 bits per heavy atom. The van der Waals surface area contributed by atoms with Crippen LogP contribution in [-0.4, -0.2) is 5.33 Å². The fraction of sp³-hybridized carbons (Fsp3) is 0.833. The number of hydrogen-bond donors (Lipinski definition) is 0. The lowest BCUT2D eigenvalue weighted by atomic mass is 10.1. The van der Waals surface area contributed by atoms with Crippen molar-refractivity contribution in [2.75, 3.05) is 5.33 Å². The molecule has 0 fully saturated rings. The summed E-state index contributed by atoms with van der Waals surface area (Å²) in [6, 6.07) is 0. The standard InChI is InChI=1S/C12H23Br/c1-2-3-4-5-6-7-8-9-10-11-12-13/h3-4H,2,5-12H2,1H3/b4-3+. The third kappa shape index (κ3) is 12.2. The molecule has 0 bridgehead atoms. The van der Waals surface area contributed by atoms with Crippen LogP contribution < -0.4 is 0 Å². The topological polar surface area (TPSA) is 0 Å². The van der Waals surface area contributed by atoms with Crippen LogP contribution in [-0.2, 0) is 0 Å². The number of rotatable bonds is 9. The molecule has 0 amide bonds. The molecule has 0 unspecified atom stereocenters. The number of unbranched alkanes of at least 4 members (excludes halogenated alkanes) is 6. The molecule has 13 heavy (non-hydrogen) atoms. The third-order valence-electron chi connectivity index (χ3n) is 2.16. The van der Waals surface area contributed by atoms with Gasteiger partial charge in [0.15, 0.2) is 0 Å². The summed E-state index contributed by atoms with van der Waals surface area (Å²) >= 11 is 3.45. The molecule has 0 aliphatic rings. The van der Waals surface area contributed by atoms with Crippen LogP contribution >= 0.6 is 15.9 Å². The van der Waals surface area contributed by atoms with Crippen LogP contribution in [0.1, 0.15) is 58.3 Å². The minimum Gasteiger partial charge on any atom is -0.0928 e. The smallest absolute Gasteiger partial charge is 0.00313 e. The van der Waals surface area contributed by atoms with E-state index in [9.17, 15) is 0 Å². The van der Waals surface area contributed by atoms with Crippen molar-refractivity contribution in [1.29, 1.82) is 0 Å². The van der Waals surface area contributed by atoms with E-state index in [4.69, 9.17) is 0 Å². The Morgan fingerprint density at radius 3 is 2.08 bits per heavy atom. The maximum absolute atomic E-state index is 3.45. The second-order valence-corrected chi connectivity index (χ2v) is 4.27. The molecule has 0 saturated heterocycles. The maximum atomic E-state index is 3.45. The van der Waals surface area contributed by atoms with Gasteiger partial charge in [-0.25, -0.2) is 0 Å². The Hall–Kier alpha value is 0.220. The van der Waals surface area contributed by atoms with Gasteiger partial charge in [0, 0.05) is 5.33 Å². The van der Waals surface area contributed by atoms with Gasteiger partial charge < -0.3 is 0 Å². The van der Waals surface area contributed by atoms with E-state index in [1.165, 1.54) is 56.7 Å². The molecule has 0 spiro atoms. The number of allylic oxidation sites excluding steroid dienone is 2. The van der Waals surface area contributed by atoms with Crippen molar-refractivity contribution in [2.45, 2.75) is 58.3 Å². The summed E-state index contributed by atoms with van der Waals surface area (Å²) in [5, 5.41) is 1.17. The Morgan fingerprint density at radius 2 is 1.46 bits per heavy atom. The normalized spacial score (nSPS) is 11.2. The Kier molecular flexibility index (Phi) is 12.4. The van der Waals surface area contributed by atoms with E-state index < -0.39 is 0 Å². The largest absolute Gasteiger partial charge is 0.0928 e. The molecule has 0 rings (SSSR count). The van der Waals surface area contributed by atoms with Crippen molar-refractivity contribution >= 4 is 15.9 Å². The summed E-state index contributed by atoms with van der Waals surface area (Å²) < 4.78 is 0. The summed E-state index contributed by atoms with van der Waals surface area (Å²) in [6.45, 7) is 2.19. The van der Waals surface area contributed by atoms with Crippen LogP contribution in [0.3, 0.4) is 0 Å². The molecule has 78 valence electrons. The molecule has 0 aliphatic heterocycles. The molecule has 0 heterocycles. The second-order valence-electron chi connectivity index (χ2n) is 3.48. The Balaban J connectivity index is 2.87. The summed E-state index contributed by atoms with van der Waals surface area (Å²) in [7, 11) is 0. The van der Waals surface area contributed by atoms with Crippen molar-refractivity contribution in [3.05, 3.63) is 12.2 Å². The molecule has 0 nitrogen and oxygen atoms in total. The number of alkyl halides is 1. The molecule has 0 aromatic rings. The molecule has 0 N–H and O–H groups in total. The van der Waals surface area contributed by atoms with Gasteiger partial charge >= 0.3 is 0 Å². The van der Waals surface area contributed by atoms with Crippen molar-refractivity contribution < 1.29 is 0 Å². The lowest BCUT2D eigenvalue weighted by Gasteiger charge is -1.98. The van der Waals surface area contributed by atoms with Crippen LogP contribution in [0, 0.1) is 0 Å². The minimum absolute atomic E-state index is 1.17. The predicted molar refractivity (Wildman–Crippen MR) is 65.5 cm³/mol. The number of halogens is 1. The van der Waals surface area contributed by atoms with Crippen molar-refractivity contribution in [3.63, 3.8) is 0 Å². The van der Waals surface area contributed by atoms with E-state index in [1.807, 2.05) is 0 Å². The highest BCUT2D eigenvalue weighted by molar-refractivity contribution is 9.09. The lowest BCUT2D eigenvalue weighted by molar-refractivity contribution is 0.613. The third-order valence-corrected chi connectivity index (χ3v) is 2.72. The summed E-state index contributed by atoms with van der Waals surface area (Å²) in [5.74, 6) is 0. The highest BCUT2D eigenvalue weighted by atomic mass is 79.9. The van der Waals surface area contributed by atoms with E-state index in [2.05, 4.69) is 35.0 Å². The molecule has 1 heteroatoms. The zero-order valence-electron chi connectivity index (χ0n) is 8.90. The van der Waals surface area contributed by atoms with Crippen molar-refractivity contribution in [3.8, 4) is 0 Å². The fourth-order valence-corrected chi connectivity index (χ4v) is 1.74. The lowest BCUT2D eigenvalue weighted by Crippen LogP contribution is -1.80. The predicted octanol–water partition coefficient (Wildman–Crippen LogP) is 5.08. The Labute approximate surface area is 91.9 Å². The van der Waals surface area contributed by atoms with Gasteiger partial charge in [0.05, 0.1) is 0 Å². The van der Waals surface area contributed by atoms with Crippen LogP contribution in [0.25, 0.3) is 0 Å². The maximum Gasteiger partial charge on any atom is 0.00313 e. The first kappa shape index (κ1) is 13.2. The van der Waals surface area contributed by atoms with Gasteiger partial charge in [-0.2, -0.15) is 0 Å². The van der Waals surface area contributed by atoms with Gasteiger partial charge in [-0.15, -0.1) is 0 Å². The van der Waals surface area contributed by atoms with Crippen LogP contribution in [0.2, 0.25) is 0 Å². The summed E-state index contributed by atoms with van der Waals surface area (Å²) in [6.07, 6.45) is 15.4. The van der Waals surface area contributed by atoms with E-state index >= 15 is 0 Å².